The summed E-state index contributed by atoms with van der Waals surface area (Å²) in [6.07, 6.45) is 3.06. The lowest BCUT2D eigenvalue weighted by molar-refractivity contribution is -0.150. The molecule has 2 N–H and O–H groups in total. The summed E-state index contributed by atoms with van der Waals surface area (Å²) in [6.45, 7) is 8.08. The molecule has 1 amide bonds. The van der Waals surface area contributed by atoms with E-state index in [1.165, 1.54) is 4.90 Å². The van der Waals surface area contributed by atoms with Gasteiger partial charge in [0, 0.05) is 51.0 Å². The van der Waals surface area contributed by atoms with Crippen LogP contribution >= 0.6 is 12.4 Å². The van der Waals surface area contributed by atoms with E-state index in [0.717, 1.165) is 31.8 Å². The van der Waals surface area contributed by atoms with Gasteiger partial charge in [0.15, 0.2) is 5.82 Å². The molecule has 3 aliphatic rings. The van der Waals surface area contributed by atoms with Crippen molar-refractivity contribution in [1.82, 2.24) is 20.0 Å². The Morgan fingerprint density at radius 1 is 1.15 bits per heavy atom. The van der Waals surface area contributed by atoms with Crippen LogP contribution in [0.4, 0.5) is 20.6 Å². The van der Waals surface area contributed by atoms with Gasteiger partial charge in [-0.3, -0.25) is 4.79 Å². The highest BCUT2D eigenvalue weighted by Crippen LogP contribution is 2.32. The Morgan fingerprint density at radius 3 is 2.54 bits per heavy atom. The van der Waals surface area contributed by atoms with Crippen LogP contribution < -0.4 is 20.3 Å². The Morgan fingerprint density at radius 2 is 1.90 bits per heavy atom. The number of anilines is 2. The third-order valence-corrected chi connectivity index (χ3v) is 7.95. The molecule has 2 unspecified atom stereocenters. The zero-order valence-electron chi connectivity index (χ0n) is 22.6. The summed E-state index contributed by atoms with van der Waals surface area (Å²) in [6, 6.07) is 3.44. The standard InChI is InChI=1S/C26H37F2N7O3.ClH/c1-16(2)24-31-25(38-32-24)33-10-7-18(8-11-33)17(3)37-19-4-5-22(30-12-19)34-13-20(29)21(14-34)35-15-26(27,28)9-6-23(35)36;/h4-5,12,16-18,20-21H,6-11,13-15,29H2,1-3H3;1H/t17-,20?,21?;/m0./s1. The van der Waals surface area contributed by atoms with Crippen molar-refractivity contribution in [2.24, 2.45) is 11.7 Å². The zero-order chi connectivity index (χ0) is 27.0. The predicted octanol–water partition coefficient (Wildman–Crippen LogP) is 3.47. The third-order valence-electron chi connectivity index (χ3n) is 7.95. The molecule has 0 aliphatic carbocycles. The molecule has 2 aromatic heterocycles. The van der Waals surface area contributed by atoms with Crippen LogP contribution in [0, 0.1) is 5.92 Å². The molecule has 3 atom stereocenters. The average Bonchev–Trinajstić information content (AvgIpc) is 3.54. The summed E-state index contributed by atoms with van der Waals surface area (Å²) < 4.78 is 39.5. The van der Waals surface area contributed by atoms with Gasteiger partial charge in [-0.05, 0) is 37.8 Å². The molecule has 0 radical (unpaired) electrons. The van der Waals surface area contributed by atoms with Gasteiger partial charge in [-0.2, -0.15) is 4.98 Å². The first kappa shape index (κ1) is 29.3. The zero-order valence-corrected chi connectivity index (χ0v) is 23.4. The van der Waals surface area contributed by atoms with E-state index in [1.54, 1.807) is 6.20 Å². The van der Waals surface area contributed by atoms with Crippen molar-refractivity contribution >= 4 is 30.1 Å². The van der Waals surface area contributed by atoms with Crippen molar-refractivity contribution in [3.8, 4) is 5.75 Å². The lowest BCUT2D eigenvalue weighted by Crippen LogP contribution is -2.56. The van der Waals surface area contributed by atoms with Crippen molar-refractivity contribution in [2.75, 3.05) is 42.5 Å². The van der Waals surface area contributed by atoms with E-state index in [4.69, 9.17) is 15.0 Å². The van der Waals surface area contributed by atoms with E-state index in [9.17, 15) is 13.6 Å². The number of halogens is 3. The fourth-order valence-corrected chi connectivity index (χ4v) is 5.57. The molecule has 3 fully saturated rings. The Bertz CT molecular complexity index is 1110. The second-order valence-corrected chi connectivity index (χ2v) is 11.1. The summed E-state index contributed by atoms with van der Waals surface area (Å²) in [7, 11) is 0. The highest BCUT2D eigenvalue weighted by atomic mass is 35.5. The molecule has 39 heavy (non-hydrogen) atoms. The smallest absolute Gasteiger partial charge is 0.324 e. The highest BCUT2D eigenvalue weighted by molar-refractivity contribution is 5.85. The summed E-state index contributed by atoms with van der Waals surface area (Å²) in [5, 5.41) is 4.06. The van der Waals surface area contributed by atoms with Crippen LogP contribution in [-0.2, 0) is 4.79 Å². The fraction of sp³-hybridized carbons (Fsp3) is 0.692. The van der Waals surface area contributed by atoms with Gasteiger partial charge in [0.05, 0.1) is 24.9 Å². The van der Waals surface area contributed by atoms with E-state index in [2.05, 4.69) is 26.9 Å². The number of likely N-dealkylation sites (tertiary alicyclic amines) is 1. The molecule has 0 spiro atoms. The number of piperidine rings is 2. The topological polar surface area (TPSA) is 114 Å². The lowest BCUT2D eigenvalue weighted by Gasteiger charge is -2.37. The number of ether oxygens (including phenoxy) is 1. The average molecular weight is 570 g/mol. The van der Waals surface area contributed by atoms with E-state index >= 15 is 0 Å². The number of carbonyl (C=O) groups is 1. The Kier molecular flexibility index (Phi) is 8.85. The molecule has 10 nitrogen and oxygen atoms in total. The first-order valence-electron chi connectivity index (χ1n) is 13.5. The van der Waals surface area contributed by atoms with Crippen LogP contribution in [0.15, 0.2) is 22.9 Å². The number of hydrogen-bond acceptors (Lipinski definition) is 9. The number of alkyl halides is 2. The number of nitrogens with zero attached hydrogens (tertiary/aromatic N) is 6. The minimum absolute atomic E-state index is 0. The fourth-order valence-electron chi connectivity index (χ4n) is 5.57. The number of hydrogen-bond donors (Lipinski definition) is 1. The van der Waals surface area contributed by atoms with Crippen LogP contribution in [0.1, 0.15) is 58.2 Å². The normalized spacial score (nSPS) is 24.7. The quantitative estimate of drug-likeness (QED) is 0.535. The molecular formula is C26H38ClF2N7O3. The van der Waals surface area contributed by atoms with E-state index in [0.29, 0.717) is 36.6 Å². The van der Waals surface area contributed by atoms with E-state index in [-0.39, 0.29) is 36.8 Å². The number of rotatable bonds is 7. The lowest BCUT2D eigenvalue weighted by atomic mass is 9.92. The maximum Gasteiger partial charge on any atom is 0.324 e. The van der Waals surface area contributed by atoms with Gasteiger partial charge < -0.3 is 29.7 Å². The first-order valence-corrected chi connectivity index (χ1v) is 13.5. The molecule has 0 aromatic carbocycles. The summed E-state index contributed by atoms with van der Waals surface area (Å²) in [5.74, 6) is -0.420. The number of nitrogens with two attached hydrogens (primary N) is 1. The van der Waals surface area contributed by atoms with Gasteiger partial charge >= 0.3 is 6.01 Å². The summed E-state index contributed by atoms with van der Waals surface area (Å²) in [5.41, 5.74) is 6.28. The van der Waals surface area contributed by atoms with E-state index in [1.807, 2.05) is 30.9 Å². The molecule has 13 heteroatoms. The molecule has 0 bridgehead atoms. The molecule has 216 valence electrons. The molecule has 0 saturated carbocycles. The molecular weight excluding hydrogens is 532 g/mol. The van der Waals surface area contributed by atoms with Gasteiger partial charge in [-0.1, -0.05) is 19.0 Å². The number of pyridine rings is 1. The summed E-state index contributed by atoms with van der Waals surface area (Å²) in [4.78, 5) is 26.7. The van der Waals surface area contributed by atoms with Crippen LogP contribution in [0.3, 0.4) is 0 Å². The molecule has 5 heterocycles. The van der Waals surface area contributed by atoms with Crippen molar-refractivity contribution in [2.45, 2.75) is 76.5 Å². The number of carbonyl (C=O) groups excluding carboxylic acids is 1. The van der Waals surface area contributed by atoms with Crippen molar-refractivity contribution < 1.29 is 22.8 Å². The minimum Gasteiger partial charge on any atom is -0.489 e. The second kappa shape index (κ2) is 11.8. The van der Waals surface area contributed by atoms with E-state index < -0.39 is 31.0 Å². The van der Waals surface area contributed by atoms with Crippen LogP contribution in [0.25, 0.3) is 0 Å². The van der Waals surface area contributed by atoms with Gasteiger partial charge in [-0.25, -0.2) is 13.8 Å². The van der Waals surface area contributed by atoms with Gasteiger partial charge in [0.1, 0.15) is 11.6 Å². The van der Waals surface area contributed by atoms with Gasteiger partial charge in [0.2, 0.25) is 5.91 Å². The number of aromatic nitrogens is 3. The third kappa shape index (κ3) is 6.54. The Labute approximate surface area is 233 Å². The van der Waals surface area contributed by atoms with Crippen LogP contribution in [-0.4, -0.2) is 82.8 Å². The van der Waals surface area contributed by atoms with Crippen molar-refractivity contribution in [1.29, 1.82) is 0 Å². The van der Waals surface area contributed by atoms with Crippen LogP contribution in [0.5, 0.6) is 5.75 Å². The SMILES string of the molecule is CC(C)c1noc(N2CCC([C@H](C)Oc3ccc(N4CC(N)C(N5CC(F)(F)CCC5=O)C4)nc3)CC2)n1.Cl. The van der Waals surface area contributed by atoms with Crippen molar-refractivity contribution in [3.63, 3.8) is 0 Å². The maximum atomic E-state index is 13.9. The first-order chi connectivity index (χ1) is 18.1. The van der Waals surface area contributed by atoms with Gasteiger partial charge in [0.25, 0.3) is 5.92 Å². The highest BCUT2D eigenvalue weighted by Gasteiger charge is 2.45. The largest absolute Gasteiger partial charge is 0.489 e. The van der Waals surface area contributed by atoms with Crippen LogP contribution in [0.2, 0.25) is 0 Å². The molecule has 5 rings (SSSR count). The Hall–Kier alpha value is -2.73. The number of amides is 1. The Balaban J connectivity index is 0.00000353. The summed E-state index contributed by atoms with van der Waals surface area (Å²) >= 11 is 0. The van der Waals surface area contributed by atoms with Gasteiger partial charge in [-0.15, -0.1) is 12.4 Å². The predicted molar refractivity (Wildman–Crippen MR) is 145 cm³/mol. The molecule has 3 saturated heterocycles. The minimum atomic E-state index is -2.87. The monoisotopic (exact) mass is 569 g/mol. The maximum absolute atomic E-state index is 13.9. The second-order valence-electron chi connectivity index (χ2n) is 11.1. The van der Waals surface area contributed by atoms with Crippen molar-refractivity contribution in [3.05, 3.63) is 24.2 Å². The molecule has 3 aliphatic heterocycles. The molecule has 2 aromatic rings.